The maximum absolute atomic E-state index is 13.6. The number of phenolic OH excluding ortho intramolecular Hbond substituents is 1. The van der Waals surface area contributed by atoms with E-state index in [1.165, 1.54) is 14.2 Å². The van der Waals surface area contributed by atoms with Crippen molar-refractivity contribution in [2.45, 2.75) is 25.9 Å². The van der Waals surface area contributed by atoms with Gasteiger partial charge in [0.05, 0.1) is 32.8 Å². The molecule has 1 aliphatic heterocycles. The summed E-state index contributed by atoms with van der Waals surface area (Å²) >= 11 is 0. The lowest BCUT2D eigenvalue weighted by Gasteiger charge is -2.41. The molecule has 0 amide bonds. The molecular formula is C23H26O6. The summed E-state index contributed by atoms with van der Waals surface area (Å²) < 4.78 is 22.1. The Morgan fingerprint density at radius 3 is 2.41 bits per heavy atom. The molecule has 1 heterocycles. The zero-order valence-corrected chi connectivity index (χ0v) is 17.3. The fraction of sp³-hybridized carbons (Fsp3) is 0.348. The van der Waals surface area contributed by atoms with Crippen molar-refractivity contribution in [3.63, 3.8) is 0 Å². The van der Waals surface area contributed by atoms with E-state index in [1.54, 1.807) is 43.5 Å². The van der Waals surface area contributed by atoms with Crippen molar-refractivity contribution in [3.8, 4) is 28.7 Å². The van der Waals surface area contributed by atoms with Crippen LogP contribution in [0.5, 0.6) is 28.7 Å². The number of fused-ring (bicyclic) bond motifs is 1. The van der Waals surface area contributed by atoms with Gasteiger partial charge in [-0.3, -0.25) is 4.79 Å². The van der Waals surface area contributed by atoms with E-state index < -0.39 is 17.4 Å². The molecule has 0 fully saturated rings. The second kappa shape index (κ2) is 7.70. The Bertz CT molecular complexity index is 947. The van der Waals surface area contributed by atoms with Crippen LogP contribution >= 0.6 is 0 Å². The summed E-state index contributed by atoms with van der Waals surface area (Å²) in [6.45, 7) is 7.79. The average molecular weight is 398 g/mol. The van der Waals surface area contributed by atoms with Crippen molar-refractivity contribution in [2.75, 3.05) is 21.3 Å². The number of benzene rings is 2. The van der Waals surface area contributed by atoms with Crippen LogP contribution in [0.3, 0.4) is 0 Å². The van der Waals surface area contributed by atoms with Crippen LogP contribution in [0.2, 0.25) is 0 Å². The second-order valence-electron chi connectivity index (χ2n) is 7.51. The largest absolute Gasteiger partial charge is 0.504 e. The van der Waals surface area contributed by atoms with E-state index in [4.69, 9.17) is 18.9 Å². The number of carbonyl (C=O) groups is 1. The van der Waals surface area contributed by atoms with Crippen molar-refractivity contribution in [1.82, 2.24) is 0 Å². The third kappa shape index (κ3) is 3.39. The van der Waals surface area contributed by atoms with E-state index in [0.29, 0.717) is 28.4 Å². The topological polar surface area (TPSA) is 74.2 Å². The molecule has 0 saturated heterocycles. The highest BCUT2D eigenvalue weighted by molar-refractivity contribution is 6.05. The van der Waals surface area contributed by atoms with Gasteiger partial charge in [-0.2, -0.15) is 0 Å². The quantitative estimate of drug-likeness (QED) is 0.729. The molecule has 29 heavy (non-hydrogen) atoms. The van der Waals surface area contributed by atoms with Gasteiger partial charge in [0, 0.05) is 17.0 Å². The van der Waals surface area contributed by atoms with Gasteiger partial charge in [0.25, 0.3) is 0 Å². The maximum Gasteiger partial charge on any atom is 0.203 e. The normalized spacial score (nSPS) is 18.4. The zero-order valence-electron chi connectivity index (χ0n) is 17.3. The predicted octanol–water partition coefficient (Wildman–Crippen LogP) is 4.36. The van der Waals surface area contributed by atoms with Crippen LogP contribution in [0.1, 0.15) is 35.7 Å². The number of ether oxygens (including phenoxy) is 4. The molecule has 1 aliphatic rings. The summed E-state index contributed by atoms with van der Waals surface area (Å²) in [7, 11) is 4.48. The van der Waals surface area contributed by atoms with Gasteiger partial charge in [-0.05, 0) is 18.2 Å². The van der Waals surface area contributed by atoms with Crippen LogP contribution < -0.4 is 18.9 Å². The molecule has 0 bridgehead atoms. The number of rotatable bonds is 6. The minimum absolute atomic E-state index is 0.143. The first-order valence-electron chi connectivity index (χ1n) is 9.25. The number of methoxy groups -OCH3 is 3. The highest BCUT2D eigenvalue weighted by Crippen LogP contribution is 2.49. The number of hydrogen-bond donors (Lipinski definition) is 1. The smallest absolute Gasteiger partial charge is 0.203 e. The summed E-state index contributed by atoms with van der Waals surface area (Å²) in [5, 5.41) is 10.9. The number of aromatic hydroxyl groups is 1. The zero-order chi connectivity index (χ0) is 21.3. The van der Waals surface area contributed by atoms with E-state index in [2.05, 4.69) is 6.58 Å². The van der Waals surface area contributed by atoms with Crippen LogP contribution in [0, 0.1) is 5.41 Å². The molecular weight excluding hydrogens is 372 g/mol. The van der Waals surface area contributed by atoms with Gasteiger partial charge < -0.3 is 24.1 Å². The number of hydrogen-bond acceptors (Lipinski definition) is 6. The number of ketones is 1. The molecule has 0 saturated carbocycles. The van der Waals surface area contributed by atoms with Crippen molar-refractivity contribution >= 4 is 5.78 Å². The lowest BCUT2D eigenvalue weighted by atomic mass is 9.72. The van der Waals surface area contributed by atoms with Crippen LogP contribution in [-0.2, 0) is 0 Å². The molecule has 6 heteroatoms. The molecule has 1 N–H and O–H groups in total. The second-order valence-corrected chi connectivity index (χ2v) is 7.51. The van der Waals surface area contributed by atoms with Crippen LogP contribution in [0.4, 0.5) is 0 Å². The van der Waals surface area contributed by atoms with Gasteiger partial charge in [0.2, 0.25) is 5.75 Å². The SMILES string of the molecule is C=CC(C)(C)C1Oc2cc(OC)ccc2C(=O)C1c1ccc(OC)c(OC)c1O. The molecule has 0 radical (unpaired) electrons. The van der Waals surface area contributed by atoms with Crippen molar-refractivity contribution in [2.24, 2.45) is 5.41 Å². The van der Waals surface area contributed by atoms with E-state index in [9.17, 15) is 9.90 Å². The summed E-state index contributed by atoms with van der Waals surface area (Å²) in [6.07, 6.45) is 1.15. The molecule has 2 aromatic rings. The summed E-state index contributed by atoms with van der Waals surface area (Å²) in [5.74, 6) is 0.538. The van der Waals surface area contributed by atoms with Gasteiger partial charge in [-0.1, -0.05) is 26.0 Å². The van der Waals surface area contributed by atoms with E-state index in [1.807, 2.05) is 13.8 Å². The van der Waals surface area contributed by atoms with E-state index >= 15 is 0 Å². The van der Waals surface area contributed by atoms with Crippen molar-refractivity contribution in [1.29, 1.82) is 0 Å². The molecule has 6 nitrogen and oxygen atoms in total. The molecule has 0 aromatic heterocycles. The molecule has 154 valence electrons. The highest BCUT2D eigenvalue weighted by atomic mass is 16.5. The van der Waals surface area contributed by atoms with Gasteiger partial charge in [-0.15, -0.1) is 6.58 Å². The van der Waals surface area contributed by atoms with Crippen LogP contribution in [0.25, 0.3) is 0 Å². The lowest BCUT2D eigenvalue weighted by molar-refractivity contribution is 0.0508. The van der Waals surface area contributed by atoms with Gasteiger partial charge in [-0.25, -0.2) is 0 Å². The Hall–Kier alpha value is -3.15. The minimum atomic E-state index is -0.760. The summed E-state index contributed by atoms with van der Waals surface area (Å²) in [6, 6.07) is 8.43. The predicted molar refractivity (Wildman–Crippen MR) is 110 cm³/mol. The minimum Gasteiger partial charge on any atom is -0.504 e. The average Bonchev–Trinajstić information content (AvgIpc) is 2.73. The third-order valence-electron chi connectivity index (χ3n) is 5.44. The Morgan fingerprint density at radius 1 is 1.10 bits per heavy atom. The number of carbonyl (C=O) groups excluding carboxylic acids is 1. The van der Waals surface area contributed by atoms with Crippen LogP contribution in [0.15, 0.2) is 43.0 Å². The van der Waals surface area contributed by atoms with E-state index in [0.717, 1.165) is 0 Å². The van der Waals surface area contributed by atoms with Gasteiger partial charge >= 0.3 is 0 Å². The first-order chi connectivity index (χ1) is 13.8. The molecule has 0 aliphatic carbocycles. The molecule has 0 spiro atoms. The fourth-order valence-electron chi connectivity index (χ4n) is 3.62. The van der Waals surface area contributed by atoms with Crippen molar-refractivity contribution < 1.29 is 28.8 Å². The van der Waals surface area contributed by atoms with E-state index in [-0.39, 0.29) is 17.3 Å². The maximum atomic E-state index is 13.6. The first kappa shape index (κ1) is 20.6. The Labute approximate surface area is 170 Å². The Balaban J connectivity index is 2.22. The monoisotopic (exact) mass is 398 g/mol. The molecule has 2 unspecified atom stereocenters. The molecule has 2 atom stereocenters. The lowest BCUT2D eigenvalue weighted by Crippen LogP contribution is -2.44. The first-order valence-corrected chi connectivity index (χ1v) is 9.25. The standard InChI is InChI=1S/C23H26O6/c1-7-23(2,3)22-18(15-10-11-16(27-5)21(28-6)20(15)25)19(24)14-9-8-13(26-4)12-17(14)29-22/h7-12,18,22,25H,1H2,2-6H3. The third-order valence-corrected chi connectivity index (χ3v) is 5.44. The van der Waals surface area contributed by atoms with Crippen molar-refractivity contribution in [3.05, 3.63) is 54.1 Å². The van der Waals surface area contributed by atoms with Crippen LogP contribution in [-0.4, -0.2) is 38.3 Å². The van der Waals surface area contributed by atoms with Gasteiger partial charge in [0.1, 0.15) is 17.6 Å². The highest BCUT2D eigenvalue weighted by Gasteiger charge is 2.46. The number of Topliss-reactive ketones (excluding diaryl/α,β-unsaturated/α-hetero) is 1. The molecule has 3 rings (SSSR count). The van der Waals surface area contributed by atoms with Gasteiger partial charge in [0.15, 0.2) is 17.3 Å². The Morgan fingerprint density at radius 2 is 1.83 bits per heavy atom. The molecule has 2 aromatic carbocycles. The fourth-order valence-corrected chi connectivity index (χ4v) is 3.62. The summed E-state index contributed by atoms with van der Waals surface area (Å²) in [5.41, 5.74) is 0.274. The Kier molecular flexibility index (Phi) is 5.46. The summed E-state index contributed by atoms with van der Waals surface area (Å²) in [4.78, 5) is 13.6. The number of phenols is 1.